The van der Waals surface area contributed by atoms with E-state index in [0.29, 0.717) is 25.9 Å². The van der Waals surface area contributed by atoms with Crippen LogP contribution >= 0.6 is 11.6 Å². The number of hydrogen-bond donors (Lipinski definition) is 1. The van der Waals surface area contributed by atoms with Crippen LogP contribution in [0.3, 0.4) is 0 Å². The van der Waals surface area contributed by atoms with E-state index >= 15 is 0 Å². The smallest absolute Gasteiger partial charge is 0.244 e. The zero-order valence-corrected chi connectivity index (χ0v) is 13.7. The van der Waals surface area contributed by atoms with Crippen molar-refractivity contribution >= 4 is 27.5 Å². The van der Waals surface area contributed by atoms with Gasteiger partial charge in [0, 0.05) is 26.1 Å². The van der Waals surface area contributed by atoms with E-state index in [2.05, 4.69) is 5.32 Å². The van der Waals surface area contributed by atoms with Crippen LogP contribution < -0.4 is 5.32 Å². The summed E-state index contributed by atoms with van der Waals surface area (Å²) in [7, 11) is -2.00. The van der Waals surface area contributed by atoms with Crippen molar-refractivity contribution in [3.05, 3.63) is 28.8 Å². The second-order valence-electron chi connectivity index (χ2n) is 5.23. The van der Waals surface area contributed by atoms with Gasteiger partial charge in [0.2, 0.25) is 15.9 Å². The first-order valence-corrected chi connectivity index (χ1v) is 8.66. The van der Waals surface area contributed by atoms with Gasteiger partial charge >= 0.3 is 0 Å². The molecule has 0 bridgehead atoms. The molecule has 1 fully saturated rings. The van der Waals surface area contributed by atoms with Gasteiger partial charge in [-0.3, -0.25) is 4.79 Å². The number of amides is 1. The molecule has 21 heavy (non-hydrogen) atoms. The van der Waals surface area contributed by atoms with Crippen molar-refractivity contribution in [2.24, 2.45) is 5.92 Å². The monoisotopic (exact) mass is 330 g/mol. The van der Waals surface area contributed by atoms with Crippen molar-refractivity contribution in [1.29, 1.82) is 0 Å². The summed E-state index contributed by atoms with van der Waals surface area (Å²) < 4.78 is 26.6. The van der Waals surface area contributed by atoms with E-state index < -0.39 is 10.0 Å². The molecule has 1 aliphatic rings. The highest BCUT2D eigenvalue weighted by Gasteiger charge is 2.32. The van der Waals surface area contributed by atoms with Crippen LogP contribution in [0, 0.1) is 12.8 Å². The molecule has 1 saturated heterocycles. The van der Waals surface area contributed by atoms with Gasteiger partial charge in [-0.15, -0.1) is 0 Å². The van der Waals surface area contributed by atoms with Gasteiger partial charge in [0.25, 0.3) is 0 Å². The summed E-state index contributed by atoms with van der Waals surface area (Å²) in [5, 5.41) is 2.85. The third kappa shape index (κ3) is 3.39. The zero-order chi connectivity index (χ0) is 15.6. The largest absolute Gasteiger partial charge is 0.359 e. The summed E-state index contributed by atoms with van der Waals surface area (Å²) in [4.78, 5) is 11.7. The lowest BCUT2D eigenvalue weighted by Gasteiger charge is -2.30. The van der Waals surface area contributed by atoms with Crippen LogP contribution in [0.1, 0.15) is 18.4 Å². The number of hydrogen-bond acceptors (Lipinski definition) is 3. The summed E-state index contributed by atoms with van der Waals surface area (Å²) in [6.45, 7) is 2.53. The highest BCUT2D eigenvalue weighted by atomic mass is 35.5. The van der Waals surface area contributed by atoms with E-state index in [-0.39, 0.29) is 21.7 Å². The number of sulfonamides is 1. The van der Waals surface area contributed by atoms with Crippen LogP contribution in [0.5, 0.6) is 0 Å². The van der Waals surface area contributed by atoms with Gasteiger partial charge in [0.05, 0.1) is 5.02 Å². The molecular formula is C14H19ClN2O3S. The molecule has 0 unspecified atom stereocenters. The van der Waals surface area contributed by atoms with Crippen LogP contribution in [-0.2, 0) is 14.8 Å². The Balaban J connectivity index is 2.17. The first kappa shape index (κ1) is 16.3. The Morgan fingerprint density at radius 3 is 2.48 bits per heavy atom. The van der Waals surface area contributed by atoms with Gasteiger partial charge in [-0.05, 0) is 37.5 Å². The molecule has 1 N–H and O–H groups in total. The second-order valence-corrected chi connectivity index (χ2v) is 7.54. The molecule has 0 saturated carbocycles. The molecule has 1 aromatic rings. The number of benzene rings is 1. The zero-order valence-electron chi connectivity index (χ0n) is 12.1. The molecule has 0 radical (unpaired) electrons. The van der Waals surface area contributed by atoms with E-state index in [1.54, 1.807) is 19.2 Å². The number of piperidine rings is 1. The van der Waals surface area contributed by atoms with Crippen LogP contribution in [-0.4, -0.2) is 38.8 Å². The van der Waals surface area contributed by atoms with Crippen molar-refractivity contribution in [1.82, 2.24) is 9.62 Å². The van der Waals surface area contributed by atoms with E-state index in [0.717, 1.165) is 5.56 Å². The Bertz CT molecular complexity index is 638. The molecule has 1 aliphatic heterocycles. The molecule has 0 atom stereocenters. The molecule has 0 spiro atoms. The van der Waals surface area contributed by atoms with Gasteiger partial charge < -0.3 is 5.32 Å². The van der Waals surface area contributed by atoms with Gasteiger partial charge in [-0.2, -0.15) is 4.31 Å². The summed E-state index contributed by atoms with van der Waals surface area (Å²) in [6, 6.07) is 4.92. The van der Waals surface area contributed by atoms with Crippen LogP contribution in [0.4, 0.5) is 0 Å². The van der Waals surface area contributed by atoms with Crippen molar-refractivity contribution in [3.8, 4) is 0 Å². The lowest BCUT2D eigenvalue weighted by molar-refractivity contribution is -0.125. The summed E-state index contributed by atoms with van der Waals surface area (Å²) in [6.07, 6.45) is 1.06. The predicted octanol–water partition coefficient (Wildman–Crippen LogP) is 1.80. The Morgan fingerprint density at radius 1 is 1.33 bits per heavy atom. The van der Waals surface area contributed by atoms with Gasteiger partial charge in [-0.1, -0.05) is 17.7 Å². The second kappa shape index (κ2) is 6.34. The Kier molecular flexibility index (Phi) is 4.91. The lowest BCUT2D eigenvalue weighted by atomic mass is 9.97. The Hall–Kier alpha value is -1.11. The highest BCUT2D eigenvalue weighted by molar-refractivity contribution is 7.89. The fourth-order valence-electron chi connectivity index (χ4n) is 2.52. The van der Waals surface area contributed by atoms with Gasteiger partial charge in [0.15, 0.2) is 0 Å². The van der Waals surface area contributed by atoms with E-state index in [9.17, 15) is 13.2 Å². The minimum atomic E-state index is -3.60. The normalized spacial score (nSPS) is 17.7. The van der Waals surface area contributed by atoms with Crippen molar-refractivity contribution in [2.45, 2.75) is 24.7 Å². The standard InChI is InChI=1S/C14H19ClN2O3S/c1-10-3-4-13(12(15)9-10)21(19,20)17-7-5-11(6-8-17)14(18)16-2/h3-4,9,11H,5-8H2,1-2H3,(H,16,18). The first-order chi connectivity index (χ1) is 9.86. The molecule has 116 valence electrons. The average molecular weight is 331 g/mol. The van der Waals surface area contributed by atoms with Crippen molar-refractivity contribution in [3.63, 3.8) is 0 Å². The number of carbonyl (C=O) groups excluding carboxylic acids is 1. The molecule has 5 nitrogen and oxygen atoms in total. The molecule has 2 rings (SSSR count). The summed E-state index contributed by atoms with van der Waals surface area (Å²) >= 11 is 6.06. The molecule has 7 heteroatoms. The first-order valence-electron chi connectivity index (χ1n) is 6.84. The molecule has 0 aromatic heterocycles. The minimum absolute atomic E-state index is 0.0274. The molecule has 1 amide bonds. The molecular weight excluding hydrogens is 312 g/mol. The van der Waals surface area contributed by atoms with Crippen LogP contribution in [0.25, 0.3) is 0 Å². The number of nitrogens with one attached hydrogen (secondary N) is 1. The quantitative estimate of drug-likeness (QED) is 0.919. The molecule has 0 aliphatic carbocycles. The number of rotatable bonds is 3. The number of aryl methyl sites for hydroxylation is 1. The fraction of sp³-hybridized carbons (Fsp3) is 0.500. The average Bonchev–Trinajstić information content (AvgIpc) is 2.46. The maximum Gasteiger partial charge on any atom is 0.244 e. The maximum absolute atomic E-state index is 12.6. The highest BCUT2D eigenvalue weighted by Crippen LogP contribution is 2.28. The van der Waals surface area contributed by atoms with Crippen LogP contribution in [0.15, 0.2) is 23.1 Å². The molecule has 1 aromatic carbocycles. The van der Waals surface area contributed by atoms with Crippen LogP contribution in [0.2, 0.25) is 5.02 Å². The van der Waals surface area contributed by atoms with Crippen molar-refractivity contribution < 1.29 is 13.2 Å². The third-order valence-electron chi connectivity index (χ3n) is 3.78. The fourth-order valence-corrected chi connectivity index (χ4v) is 4.56. The Morgan fingerprint density at radius 2 is 1.95 bits per heavy atom. The number of carbonyl (C=O) groups is 1. The maximum atomic E-state index is 12.6. The van der Waals surface area contributed by atoms with Crippen molar-refractivity contribution in [2.75, 3.05) is 20.1 Å². The third-order valence-corrected chi connectivity index (χ3v) is 6.16. The van der Waals surface area contributed by atoms with Gasteiger partial charge in [0.1, 0.15) is 4.90 Å². The Labute approximate surface area is 130 Å². The molecule has 1 heterocycles. The number of halogens is 1. The minimum Gasteiger partial charge on any atom is -0.359 e. The van der Waals surface area contributed by atoms with E-state index in [1.807, 2.05) is 6.92 Å². The topological polar surface area (TPSA) is 66.5 Å². The lowest BCUT2D eigenvalue weighted by Crippen LogP contribution is -2.42. The van der Waals surface area contributed by atoms with E-state index in [1.165, 1.54) is 10.4 Å². The van der Waals surface area contributed by atoms with E-state index in [4.69, 9.17) is 11.6 Å². The SMILES string of the molecule is CNC(=O)C1CCN(S(=O)(=O)c2ccc(C)cc2Cl)CC1. The number of nitrogens with zero attached hydrogens (tertiary/aromatic N) is 1. The summed E-state index contributed by atoms with van der Waals surface area (Å²) in [5.74, 6) is -0.143. The summed E-state index contributed by atoms with van der Waals surface area (Å²) in [5.41, 5.74) is 0.914. The van der Waals surface area contributed by atoms with Gasteiger partial charge in [-0.25, -0.2) is 8.42 Å². The predicted molar refractivity (Wildman–Crippen MR) is 81.7 cm³/mol.